The van der Waals surface area contributed by atoms with Crippen LogP contribution in [0.1, 0.15) is 35.7 Å². The van der Waals surface area contributed by atoms with E-state index in [1.54, 1.807) is 5.56 Å². The molecule has 3 nitrogen and oxygen atoms in total. The van der Waals surface area contributed by atoms with Gasteiger partial charge in [-0.2, -0.15) is 0 Å². The number of hydrogen-bond acceptors (Lipinski definition) is 2. The molecule has 0 saturated heterocycles. The first-order chi connectivity index (χ1) is 9.79. The molecule has 106 valence electrons. The zero-order valence-corrected chi connectivity index (χ0v) is 12.1. The molecule has 20 heavy (non-hydrogen) atoms. The van der Waals surface area contributed by atoms with Crippen LogP contribution in [0.25, 0.3) is 10.9 Å². The highest BCUT2D eigenvalue weighted by atomic mass is 16.3. The van der Waals surface area contributed by atoms with Crippen molar-refractivity contribution in [2.45, 2.75) is 38.8 Å². The Labute approximate surface area is 119 Å². The van der Waals surface area contributed by atoms with Gasteiger partial charge in [0, 0.05) is 36.2 Å². The smallest absolute Gasteiger partial charge is 0.0558 e. The van der Waals surface area contributed by atoms with E-state index in [2.05, 4.69) is 34.6 Å². The zero-order chi connectivity index (χ0) is 13.7. The molecule has 1 aromatic carbocycles. The van der Waals surface area contributed by atoms with Gasteiger partial charge in [-0.1, -0.05) is 11.6 Å². The van der Waals surface area contributed by atoms with Gasteiger partial charge in [-0.25, -0.2) is 0 Å². The summed E-state index contributed by atoms with van der Waals surface area (Å²) in [5, 5.41) is 10.8. The summed E-state index contributed by atoms with van der Waals surface area (Å²) in [5.41, 5.74) is 5.88. The Balaban J connectivity index is 1.93. The van der Waals surface area contributed by atoms with E-state index < -0.39 is 0 Å². The number of benzene rings is 1. The molecule has 0 radical (unpaired) electrons. The minimum Gasteiger partial charge on any atom is -0.395 e. The minimum atomic E-state index is 0.269. The van der Waals surface area contributed by atoms with E-state index in [1.807, 2.05) is 0 Å². The van der Waals surface area contributed by atoms with Crippen molar-refractivity contribution in [3.8, 4) is 0 Å². The number of aromatic nitrogens is 1. The SMILES string of the molecule is Cc1ccc2c(c1)c1c3n2CCN(CCO)C3CCC1. The number of nitrogens with zero attached hydrogens (tertiary/aromatic N) is 2. The molecule has 1 N–H and O–H groups in total. The molecule has 2 aliphatic rings. The van der Waals surface area contributed by atoms with Crippen LogP contribution in [-0.2, 0) is 13.0 Å². The first-order valence-electron chi connectivity index (χ1n) is 7.76. The van der Waals surface area contributed by atoms with Crippen molar-refractivity contribution >= 4 is 10.9 Å². The first kappa shape index (κ1) is 12.4. The van der Waals surface area contributed by atoms with Crippen molar-refractivity contribution in [2.75, 3.05) is 19.7 Å². The van der Waals surface area contributed by atoms with Gasteiger partial charge in [0.25, 0.3) is 0 Å². The topological polar surface area (TPSA) is 28.4 Å². The third-order valence-corrected chi connectivity index (χ3v) is 5.03. The second-order valence-electron chi connectivity index (χ2n) is 6.20. The van der Waals surface area contributed by atoms with Gasteiger partial charge in [0.2, 0.25) is 0 Å². The fraction of sp³-hybridized carbons (Fsp3) is 0.529. The summed E-state index contributed by atoms with van der Waals surface area (Å²) in [6, 6.07) is 7.40. The maximum atomic E-state index is 9.29. The van der Waals surface area contributed by atoms with Gasteiger partial charge in [0.05, 0.1) is 12.6 Å². The Morgan fingerprint density at radius 1 is 1.30 bits per heavy atom. The summed E-state index contributed by atoms with van der Waals surface area (Å²) in [7, 11) is 0. The lowest BCUT2D eigenvalue weighted by Crippen LogP contribution is -2.41. The van der Waals surface area contributed by atoms with E-state index in [1.165, 1.54) is 41.4 Å². The lowest BCUT2D eigenvalue weighted by Gasteiger charge is -2.39. The number of hydrogen-bond donors (Lipinski definition) is 1. The highest BCUT2D eigenvalue weighted by Crippen LogP contribution is 2.42. The second kappa shape index (κ2) is 4.61. The van der Waals surface area contributed by atoms with Crippen molar-refractivity contribution in [2.24, 2.45) is 0 Å². The van der Waals surface area contributed by atoms with E-state index in [0.29, 0.717) is 6.04 Å². The highest BCUT2D eigenvalue weighted by Gasteiger charge is 2.34. The van der Waals surface area contributed by atoms with Crippen LogP contribution in [0.15, 0.2) is 18.2 Å². The van der Waals surface area contributed by atoms with Gasteiger partial charge in [0.1, 0.15) is 0 Å². The van der Waals surface area contributed by atoms with Crippen LogP contribution in [-0.4, -0.2) is 34.3 Å². The maximum absolute atomic E-state index is 9.29. The van der Waals surface area contributed by atoms with Crippen LogP contribution in [0, 0.1) is 6.92 Å². The number of fused-ring (bicyclic) bond motifs is 3. The molecule has 1 aliphatic heterocycles. The number of aliphatic hydroxyl groups excluding tert-OH is 1. The molecule has 0 spiro atoms. The molecule has 2 heterocycles. The number of rotatable bonds is 2. The largest absolute Gasteiger partial charge is 0.395 e. The van der Waals surface area contributed by atoms with Crippen molar-refractivity contribution in [3.63, 3.8) is 0 Å². The molecular weight excluding hydrogens is 248 g/mol. The summed E-state index contributed by atoms with van der Waals surface area (Å²) < 4.78 is 2.54. The lowest BCUT2D eigenvalue weighted by atomic mass is 9.89. The maximum Gasteiger partial charge on any atom is 0.0558 e. The minimum absolute atomic E-state index is 0.269. The Morgan fingerprint density at radius 3 is 3.05 bits per heavy atom. The van der Waals surface area contributed by atoms with Gasteiger partial charge < -0.3 is 9.67 Å². The summed E-state index contributed by atoms with van der Waals surface area (Å²) >= 11 is 0. The molecule has 4 rings (SSSR count). The fourth-order valence-corrected chi connectivity index (χ4v) is 4.19. The quantitative estimate of drug-likeness (QED) is 0.908. The summed E-state index contributed by atoms with van der Waals surface area (Å²) in [5.74, 6) is 0. The standard InChI is InChI=1S/C17H22N2O/c1-12-5-6-15-14(11-12)13-3-2-4-16-17(13)19(15)8-7-18(16)9-10-20/h5-6,11,16,20H,2-4,7-10H2,1H3. The molecule has 1 aliphatic carbocycles. The monoisotopic (exact) mass is 270 g/mol. The molecule has 3 heteroatoms. The third kappa shape index (κ3) is 1.66. The van der Waals surface area contributed by atoms with Gasteiger partial charge >= 0.3 is 0 Å². The van der Waals surface area contributed by atoms with Crippen molar-refractivity contribution < 1.29 is 5.11 Å². The second-order valence-corrected chi connectivity index (χ2v) is 6.20. The van der Waals surface area contributed by atoms with Gasteiger partial charge in [-0.15, -0.1) is 0 Å². The molecule has 0 amide bonds. The van der Waals surface area contributed by atoms with Crippen molar-refractivity contribution in [1.82, 2.24) is 9.47 Å². The van der Waals surface area contributed by atoms with E-state index in [-0.39, 0.29) is 6.61 Å². The summed E-state index contributed by atoms with van der Waals surface area (Å²) in [6.07, 6.45) is 3.72. The average Bonchev–Trinajstić information content (AvgIpc) is 2.78. The number of β-amino-alcohol motifs (C(OH)–C–C–N with tert-alkyl or cyclic N) is 1. The van der Waals surface area contributed by atoms with Crippen LogP contribution >= 0.6 is 0 Å². The molecule has 0 bridgehead atoms. The lowest BCUT2D eigenvalue weighted by molar-refractivity contribution is 0.112. The molecule has 1 atom stereocenters. The summed E-state index contributed by atoms with van der Waals surface area (Å²) in [6.45, 7) is 5.39. The predicted octanol–water partition coefficient (Wildman–Crippen LogP) is 2.64. The van der Waals surface area contributed by atoms with Crippen molar-refractivity contribution in [3.05, 3.63) is 35.0 Å². The van der Waals surface area contributed by atoms with E-state index >= 15 is 0 Å². The highest BCUT2D eigenvalue weighted by molar-refractivity contribution is 5.87. The van der Waals surface area contributed by atoms with Crippen LogP contribution < -0.4 is 0 Å². The van der Waals surface area contributed by atoms with E-state index in [0.717, 1.165) is 19.6 Å². The first-order valence-corrected chi connectivity index (χ1v) is 7.76. The van der Waals surface area contributed by atoms with Crippen LogP contribution in [0.4, 0.5) is 0 Å². The molecular formula is C17H22N2O. The Kier molecular flexibility index (Phi) is 2.86. The van der Waals surface area contributed by atoms with Gasteiger partial charge in [-0.3, -0.25) is 4.90 Å². The normalized spacial score (nSPS) is 22.2. The van der Waals surface area contributed by atoms with E-state index in [4.69, 9.17) is 0 Å². The molecule has 0 saturated carbocycles. The Hall–Kier alpha value is -1.32. The van der Waals surface area contributed by atoms with Gasteiger partial charge in [0.15, 0.2) is 0 Å². The fourth-order valence-electron chi connectivity index (χ4n) is 4.19. The molecule has 1 aromatic heterocycles. The van der Waals surface area contributed by atoms with Crippen LogP contribution in [0.2, 0.25) is 0 Å². The molecule has 2 aromatic rings. The number of aliphatic hydroxyl groups is 1. The van der Waals surface area contributed by atoms with E-state index in [9.17, 15) is 5.11 Å². The van der Waals surface area contributed by atoms with Crippen LogP contribution in [0.5, 0.6) is 0 Å². The zero-order valence-electron chi connectivity index (χ0n) is 12.1. The molecule has 1 unspecified atom stereocenters. The molecule has 0 fully saturated rings. The summed E-state index contributed by atoms with van der Waals surface area (Å²) in [4.78, 5) is 2.48. The Morgan fingerprint density at radius 2 is 2.20 bits per heavy atom. The average molecular weight is 270 g/mol. The predicted molar refractivity (Wildman–Crippen MR) is 81.0 cm³/mol. The third-order valence-electron chi connectivity index (χ3n) is 5.03. The van der Waals surface area contributed by atoms with Gasteiger partial charge in [-0.05, 0) is 43.9 Å². The Bertz CT molecular complexity index is 659. The van der Waals surface area contributed by atoms with Crippen LogP contribution in [0.3, 0.4) is 0 Å². The number of aryl methyl sites for hydroxylation is 2. The van der Waals surface area contributed by atoms with Crippen molar-refractivity contribution in [1.29, 1.82) is 0 Å².